The molecule has 0 aliphatic heterocycles. The van der Waals surface area contributed by atoms with Crippen molar-refractivity contribution in [2.45, 2.75) is 18.4 Å². The van der Waals surface area contributed by atoms with Gasteiger partial charge < -0.3 is 4.98 Å². The smallest absolute Gasteiger partial charge is 0.257 e. The molecule has 0 saturated carbocycles. The third-order valence-electron chi connectivity index (χ3n) is 2.08. The maximum atomic E-state index is 11.8. The highest BCUT2D eigenvalue weighted by Gasteiger charge is 2.15. The monoisotopic (exact) mass is 272 g/mol. The number of hydrogen-bond acceptors (Lipinski definition) is 5. The molecule has 0 saturated heterocycles. The van der Waals surface area contributed by atoms with Crippen LogP contribution in [0.3, 0.4) is 0 Å². The topological polar surface area (TPSA) is 87.7 Å². The zero-order valence-electron chi connectivity index (χ0n) is 9.17. The van der Waals surface area contributed by atoms with E-state index >= 15 is 0 Å². The van der Waals surface area contributed by atoms with Gasteiger partial charge in [0.05, 0.1) is 11.2 Å². The number of hydrogen-bond donors (Lipinski definition) is 2. The van der Waals surface area contributed by atoms with Crippen molar-refractivity contribution in [3.05, 3.63) is 28.6 Å². The van der Waals surface area contributed by atoms with E-state index in [2.05, 4.69) is 19.7 Å². The highest BCUT2D eigenvalue weighted by Crippen LogP contribution is 2.06. The summed E-state index contributed by atoms with van der Waals surface area (Å²) in [6.45, 7) is 2.03. The standard InChI is InChI=1S/C9H12N4O2S2/c1-7-11-6-9(13-7)17(14,15)12-3-2-8-10-4-5-16-8/h4-6,12H,2-3H2,1H3,(H,11,13). The van der Waals surface area contributed by atoms with Crippen molar-refractivity contribution in [3.8, 4) is 0 Å². The molecule has 2 N–H and O–H groups in total. The Morgan fingerprint density at radius 1 is 1.47 bits per heavy atom. The summed E-state index contributed by atoms with van der Waals surface area (Å²) in [5, 5.41) is 2.87. The Morgan fingerprint density at radius 2 is 2.29 bits per heavy atom. The third kappa shape index (κ3) is 3.11. The summed E-state index contributed by atoms with van der Waals surface area (Å²) in [7, 11) is -3.48. The van der Waals surface area contributed by atoms with Crippen LogP contribution in [0.5, 0.6) is 0 Å². The highest BCUT2D eigenvalue weighted by atomic mass is 32.2. The van der Waals surface area contributed by atoms with E-state index in [1.165, 1.54) is 17.5 Å². The number of nitrogens with one attached hydrogen (secondary N) is 2. The summed E-state index contributed by atoms with van der Waals surface area (Å²) >= 11 is 1.51. The van der Waals surface area contributed by atoms with Crippen molar-refractivity contribution in [2.75, 3.05) is 6.54 Å². The first-order valence-corrected chi connectivity index (χ1v) is 7.34. The minimum absolute atomic E-state index is 0.0918. The van der Waals surface area contributed by atoms with Crippen LogP contribution in [-0.4, -0.2) is 29.9 Å². The number of sulfonamides is 1. The van der Waals surface area contributed by atoms with Crippen LogP contribution in [0.25, 0.3) is 0 Å². The van der Waals surface area contributed by atoms with Gasteiger partial charge in [0, 0.05) is 24.5 Å². The molecule has 0 aromatic carbocycles. The van der Waals surface area contributed by atoms with E-state index in [4.69, 9.17) is 0 Å². The summed E-state index contributed by atoms with van der Waals surface area (Å²) in [4.78, 5) is 10.6. The van der Waals surface area contributed by atoms with Crippen molar-refractivity contribution in [1.29, 1.82) is 0 Å². The molecule has 0 amide bonds. The Hall–Kier alpha value is -1.25. The second-order valence-electron chi connectivity index (χ2n) is 3.41. The Balaban J connectivity index is 1.94. The van der Waals surface area contributed by atoms with Crippen LogP contribution < -0.4 is 4.72 Å². The second kappa shape index (κ2) is 4.94. The van der Waals surface area contributed by atoms with Gasteiger partial charge in [0.1, 0.15) is 5.82 Å². The summed E-state index contributed by atoms with van der Waals surface area (Å²) in [5.74, 6) is 0.574. The summed E-state index contributed by atoms with van der Waals surface area (Å²) in [5.41, 5.74) is 0. The number of rotatable bonds is 5. The largest absolute Gasteiger partial charge is 0.332 e. The SMILES string of the molecule is Cc1ncc(S(=O)(=O)NCCc2nccs2)[nH]1. The summed E-state index contributed by atoms with van der Waals surface area (Å²) < 4.78 is 26.0. The molecule has 0 aliphatic rings. The number of H-pyrrole nitrogens is 1. The van der Waals surface area contributed by atoms with Crippen molar-refractivity contribution >= 4 is 21.4 Å². The summed E-state index contributed by atoms with van der Waals surface area (Å²) in [6, 6.07) is 0. The Kier molecular flexibility index (Phi) is 3.55. The quantitative estimate of drug-likeness (QED) is 0.838. The maximum absolute atomic E-state index is 11.8. The van der Waals surface area contributed by atoms with Gasteiger partial charge in [0.2, 0.25) is 0 Å². The molecule has 0 fully saturated rings. The molecule has 2 rings (SSSR count). The van der Waals surface area contributed by atoms with Gasteiger partial charge in [-0.2, -0.15) is 0 Å². The Labute approximate surface area is 103 Å². The molecule has 0 unspecified atom stereocenters. The Morgan fingerprint density at radius 3 is 2.88 bits per heavy atom. The van der Waals surface area contributed by atoms with Crippen molar-refractivity contribution in [2.24, 2.45) is 0 Å². The van der Waals surface area contributed by atoms with Crippen molar-refractivity contribution in [1.82, 2.24) is 19.7 Å². The van der Waals surface area contributed by atoms with Crippen LogP contribution in [0, 0.1) is 6.92 Å². The first-order valence-electron chi connectivity index (χ1n) is 4.97. The van der Waals surface area contributed by atoms with Gasteiger partial charge in [-0.3, -0.25) is 0 Å². The predicted octanol–water partition coefficient (Wildman–Crippen LogP) is 0.696. The van der Waals surface area contributed by atoms with Gasteiger partial charge in [-0.25, -0.2) is 23.1 Å². The first kappa shape index (κ1) is 12.2. The highest BCUT2D eigenvalue weighted by molar-refractivity contribution is 7.89. The fourth-order valence-corrected chi connectivity index (χ4v) is 2.90. The predicted molar refractivity (Wildman–Crippen MR) is 64.3 cm³/mol. The Bertz CT molecular complexity index is 574. The third-order valence-corrected chi connectivity index (χ3v) is 4.29. The molecule has 92 valence electrons. The molecule has 6 nitrogen and oxygen atoms in total. The van der Waals surface area contributed by atoms with Crippen LogP contribution in [-0.2, 0) is 16.4 Å². The van der Waals surface area contributed by atoms with E-state index in [0.29, 0.717) is 18.8 Å². The minimum Gasteiger partial charge on any atom is -0.332 e. The van der Waals surface area contributed by atoms with Gasteiger partial charge in [-0.05, 0) is 6.92 Å². The van der Waals surface area contributed by atoms with Crippen LogP contribution >= 0.6 is 11.3 Å². The zero-order chi connectivity index (χ0) is 12.3. The zero-order valence-corrected chi connectivity index (χ0v) is 10.8. The molecule has 0 atom stereocenters. The van der Waals surface area contributed by atoms with Crippen molar-refractivity contribution in [3.63, 3.8) is 0 Å². The number of imidazole rings is 1. The van der Waals surface area contributed by atoms with E-state index in [-0.39, 0.29) is 5.03 Å². The number of thiazole rings is 1. The molecular weight excluding hydrogens is 260 g/mol. The molecule has 0 bridgehead atoms. The fraction of sp³-hybridized carbons (Fsp3) is 0.333. The lowest BCUT2D eigenvalue weighted by atomic mass is 10.5. The number of aromatic amines is 1. The van der Waals surface area contributed by atoms with Gasteiger partial charge in [0.25, 0.3) is 10.0 Å². The molecule has 0 radical (unpaired) electrons. The van der Waals surface area contributed by atoms with Crippen LogP contribution in [0.15, 0.2) is 22.8 Å². The molecule has 2 aromatic heterocycles. The van der Waals surface area contributed by atoms with E-state index in [9.17, 15) is 8.42 Å². The van der Waals surface area contributed by atoms with Crippen LogP contribution in [0.2, 0.25) is 0 Å². The minimum atomic E-state index is -3.48. The molecule has 8 heteroatoms. The number of aryl methyl sites for hydroxylation is 1. The average molecular weight is 272 g/mol. The number of aromatic nitrogens is 3. The average Bonchev–Trinajstić information content (AvgIpc) is 2.89. The van der Waals surface area contributed by atoms with E-state index < -0.39 is 10.0 Å². The lowest BCUT2D eigenvalue weighted by molar-refractivity contribution is 0.578. The lowest BCUT2D eigenvalue weighted by Crippen LogP contribution is -2.26. The normalized spacial score (nSPS) is 11.8. The van der Waals surface area contributed by atoms with Gasteiger partial charge in [-0.1, -0.05) is 0 Å². The van der Waals surface area contributed by atoms with Gasteiger partial charge in [-0.15, -0.1) is 11.3 Å². The maximum Gasteiger partial charge on any atom is 0.257 e. The molecule has 2 aromatic rings. The molecule has 0 aliphatic carbocycles. The van der Waals surface area contributed by atoms with Gasteiger partial charge >= 0.3 is 0 Å². The van der Waals surface area contributed by atoms with Crippen LogP contribution in [0.1, 0.15) is 10.8 Å². The molecule has 0 spiro atoms. The van der Waals surface area contributed by atoms with Crippen LogP contribution in [0.4, 0.5) is 0 Å². The fourth-order valence-electron chi connectivity index (χ4n) is 1.28. The first-order chi connectivity index (χ1) is 8.08. The van der Waals surface area contributed by atoms with E-state index in [0.717, 1.165) is 5.01 Å². The molecule has 17 heavy (non-hydrogen) atoms. The van der Waals surface area contributed by atoms with E-state index in [1.54, 1.807) is 13.1 Å². The van der Waals surface area contributed by atoms with Gasteiger partial charge in [0.15, 0.2) is 5.03 Å². The van der Waals surface area contributed by atoms with Crippen molar-refractivity contribution < 1.29 is 8.42 Å². The summed E-state index contributed by atoms with van der Waals surface area (Å²) in [6.07, 6.45) is 3.60. The van der Waals surface area contributed by atoms with E-state index in [1.807, 2.05) is 5.38 Å². The second-order valence-corrected chi connectivity index (χ2v) is 6.12. The number of nitrogens with zero attached hydrogens (tertiary/aromatic N) is 2. The molecule has 2 heterocycles. The molecular formula is C9H12N4O2S2. The lowest BCUT2D eigenvalue weighted by Gasteiger charge is -2.02.